The minimum atomic E-state index is -0.722. The summed E-state index contributed by atoms with van der Waals surface area (Å²) in [6, 6.07) is 0. The molecule has 0 radical (unpaired) electrons. The van der Waals surface area contributed by atoms with Crippen LogP contribution in [0.1, 0.15) is 196 Å². The van der Waals surface area contributed by atoms with Gasteiger partial charge in [-0.1, -0.05) is 43.1 Å². The summed E-state index contributed by atoms with van der Waals surface area (Å²) >= 11 is 0. The first-order chi connectivity index (χ1) is 21.8. The van der Waals surface area contributed by atoms with E-state index in [4.69, 9.17) is 19.3 Å². The first-order valence-electron chi connectivity index (χ1n) is 18.8. The van der Waals surface area contributed by atoms with Gasteiger partial charge in [0, 0.05) is 11.8 Å². The summed E-state index contributed by atoms with van der Waals surface area (Å²) in [5, 5.41) is 8.44. The molecular weight excluding hydrogens is 644 g/mol. The summed E-state index contributed by atoms with van der Waals surface area (Å²) in [6.45, 7) is 24.8. The second-order valence-corrected chi connectivity index (χ2v) is 18.5. The lowest BCUT2D eigenvalue weighted by atomic mass is 9.49. The van der Waals surface area contributed by atoms with E-state index >= 15 is 0 Å². The third-order valence-electron chi connectivity index (χ3n) is 12.0. The molecule has 51 heavy (non-hydrogen) atoms. The van der Waals surface area contributed by atoms with Crippen molar-refractivity contribution in [3.63, 3.8) is 0 Å². The van der Waals surface area contributed by atoms with Gasteiger partial charge in [0.05, 0.1) is 22.7 Å². The fraction of sp³-hybridized carbons (Fsp3) is 0.907. The highest BCUT2D eigenvalue weighted by Gasteiger charge is 2.61. The minimum absolute atomic E-state index is 0. The van der Waals surface area contributed by atoms with Crippen LogP contribution < -0.4 is 0 Å². The molecule has 8 nitrogen and oxygen atoms in total. The first-order valence-corrected chi connectivity index (χ1v) is 18.8. The lowest BCUT2D eigenvalue weighted by Gasteiger charge is -2.60. The Morgan fingerprint density at radius 2 is 1.02 bits per heavy atom. The van der Waals surface area contributed by atoms with Crippen molar-refractivity contribution in [2.24, 2.45) is 39.9 Å². The third kappa shape index (κ3) is 13.7. The molecule has 5 aliphatic rings. The fourth-order valence-corrected chi connectivity index (χ4v) is 7.40. The number of ether oxygens (including phenoxy) is 3. The molecule has 0 aromatic rings. The van der Waals surface area contributed by atoms with Gasteiger partial charge in [-0.05, 0) is 158 Å². The van der Waals surface area contributed by atoms with E-state index in [-0.39, 0.29) is 63.2 Å². The van der Waals surface area contributed by atoms with Gasteiger partial charge in [-0.25, -0.2) is 0 Å². The van der Waals surface area contributed by atoms with Crippen molar-refractivity contribution >= 4 is 23.9 Å². The molecule has 5 rings (SSSR count). The van der Waals surface area contributed by atoms with Gasteiger partial charge in [0.25, 0.3) is 0 Å². The molecule has 0 amide bonds. The number of carbonyl (C=O) groups excluding carboxylic acids is 3. The van der Waals surface area contributed by atoms with E-state index in [0.29, 0.717) is 18.3 Å². The molecular formula is C43H82O8. The normalized spacial score (nSPS) is 25.9. The van der Waals surface area contributed by atoms with Gasteiger partial charge in [-0.15, -0.1) is 0 Å². The van der Waals surface area contributed by atoms with E-state index in [9.17, 15) is 19.2 Å². The third-order valence-corrected chi connectivity index (χ3v) is 12.0. The van der Waals surface area contributed by atoms with Crippen molar-refractivity contribution in [1.29, 1.82) is 0 Å². The summed E-state index contributed by atoms with van der Waals surface area (Å²) in [7, 11) is 0. The first kappa shape index (κ1) is 51.0. The van der Waals surface area contributed by atoms with Crippen LogP contribution in [0, 0.1) is 39.9 Å². The Morgan fingerprint density at radius 1 is 0.627 bits per heavy atom. The fourth-order valence-electron chi connectivity index (χ4n) is 7.40. The van der Waals surface area contributed by atoms with Gasteiger partial charge >= 0.3 is 23.9 Å². The largest absolute Gasteiger partial charge is 0.481 e. The predicted octanol–water partition coefficient (Wildman–Crippen LogP) is 11.6. The Balaban J connectivity index is 0. The summed E-state index contributed by atoms with van der Waals surface area (Å²) in [4.78, 5) is 47.9. The second kappa shape index (κ2) is 19.3. The van der Waals surface area contributed by atoms with E-state index < -0.39 is 22.4 Å². The molecule has 0 unspecified atom stereocenters. The Hall–Kier alpha value is -2.12. The monoisotopic (exact) mass is 727 g/mol. The topological polar surface area (TPSA) is 116 Å². The molecule has 302 valence electrons. The van der Waals surface area contributed by atoms with E-state index in [2.05, 4.69) is 6.92 Å². The summed E-state index contributed by atoms with van der Waals surface area (Å²) in [6.07, 6.45) is 12.4. The molecule has 0 aromatic carbocycles. The molecule has 0 spiro atoms. The zero-order valence-electron chi connectivity index (χ0n) is 32.8. The SMILES string of the molecule is C.C.C.CCC(C)(C)C(=O)O.CCC(C)(C)C(=O)OC(C)(C)C.CCC(C)(C)C(=O)OC1(CC(=O)OC2(C)CCCC2)C2CC3CC(C2)CC1C3. The lowest BCUT2D eigenvalue weighted by molar-refractivity contribution is -0.224. The van der Waals surface area contributed by atoms with Crippen molar-refractivity contribution in [1.82, 2.24) is 0 Å². The summed E-state index contributed by atoms with van der Waals surface area (Å²) < 4.78 is 17.6. The highest BCUT2D eigenvalue weighted by Crippen LogP contribution is 2.61. The standard InChI is InChI=1S/C24H38O4.C10H20O2.C6H12O2.3CH4/c1-5-22(2,3)21(26)28-24(15-20(25)27-23(4)8-6-7-9-23)18-11-16-10-17(13-18)14-19(24)12-16;1-7-10(5,6)8(11)12-9(2,3)4;1-4-6(2,3)5(7)8;;;/h16-19H,5-15H2,1-4H3;7H2,1-6H3;4H2,1-3H3,(H,7,8);3*1H4. The molecule has 5 fully saturated rings. The molecule has 0 aromatic heterocycles. The molecule has 8 heteroatoms. The maximum Gasteiger partial charge on any atom is 0.312 e. The number of esters is 3. The highest BCUT2D eigenvalue weighted by molar-refractivity contribution is 5.78. The van der Waals surface area contributed by atoms with Crippen molar-refractivity contribution in [2.75, 3.05) is 0 Å². The average Bonchev–Trinajstić information content (AvgIpc) is 3.40. The van der Waals surface area contributed by atoms with Crippen LogP contribution in [0.2, 0.25) is 0 Å². The van der Waals surface area contributed by atoms with Gasteiger partial charge in [-0.2, -0.15) is 0 Å². The van der Waals surface area contributed by atoms with E-state index in [0.717, 1.165) is 76.0 Å². The van der Waals surface area contributed by atoms with Crippen LogP contribution in [0.15, 0.2) is 0 Å². The second-order valence-electron chi connectivity index (χ2n) is 18.5. The van der Waals surface area contributed by atoms with E-state index in [1.807, 2.05) is 69.2 Å². The van der Waals surface area contributed by atoms with Crippen LogP contribution in [0.4, 0.5) is 0 Å². The van der Waals surface area contributed by atoms with Crippen molar-refractivity contribution in [2.45, 2.75) is 213 Å². The zero-order chi connectivity index (χ0) is 36.9. The number of aliphatic carboxylic acids is 1. The number of carbonyl (C=O) groups is 4. The smallest absolute Gasteiger partial charge is 0.312 e. The minimum Gasteiger partial charge on any atom is -0.481 e. The van der Waals surface area contributed by atoms with Gasteiger partial charge in [0.15, 0.2) is 0 Å². The maximum atomic E-state index is 13.1. The molecule has 5 aliphatic carbocycles. The Labute approximate surface area is 314 Å². The molecule has 0 atom stereocenters. The van der Waals surface area contributed by atoms with Crippen molar-refractivity contribution in [3.8, 4) is 0 Å². The van der Waals surface area contributed by atoms with Crippen LogP contribution in [0.3, 0.4) is 0 Å². The van der Waals surface area contributed by atoms with Crippen LogP contribution in [0.5, 0.6) is 0 Å². The quantitative estimate of drug-likeness (QED) is 0.175. The predicted molar refractivity (Wildman–Crippen MR) is 209 cm³/mol. The molecule has 4 bridgehead atoms. The number of carboxylic acid groups (broad SMARTS) is 1. The highest BCUT2D eigenvalue weighted by atomic mass is 16.6. The van der Waals surface area contributed by atoms with Gasteiger partial charge in [0.1, 0.15) is 16.8 Å². The maximum absolute atomic E-state index is 13.1. The van der Waals surface area contributed by atoms with Crippen molar-refractivity contribution < 1.29 is 38.5 Å². The number of hydrogen-bond donors (Lipinski definition) is 1. The van der Waals surface area contributed by atoms with Crippen LogP contribution >= 0.6 is 0 Å². The van der Waals surface area contributed by atoms with Crippen molar-refractivity contribution in [3.05, 3.63) is 0 Å². The molecule has 0 aliphatic heterocycles. The van der Waals surface area contributed by atoms with E-state index in [1.165, 1.54) is 6.42 Å². The number of rotatable bonds is 10. The van der Waals surface area contributed by atoms with Crippen LogP contribution in [0.25, 0.3) is 0 Å². The van der Waals surface area contributed by atoms with Gasteiger partial charge in [-0.3, -0.25) is 19.2 Å². The van der Waals surface area contributed by atoms with Crippen LogP contribution in [-0.4, -0.2) is 45.8 Å². The van der Waals surface area contributed by atoms with E-state index in [1.54, 1.807) is 13.8 Å². The molecule has 1 N–H and O–H groups in total. The average molecular weight is 727 g/mol. The number of hydrogen-bond acceptors (Lipinski definition) is 7. The lowest BCUT2D eigenvalue weighted by Crippen LogP contribution is -2.61. The molecule has 0 heterocycles. The Kier molecular flexibility index (Phi) is 19.3. The van der Waals surface area contributed by atoms with Gasteiger partial charge < -0.3 is 19.3 Å². The molecule has 0 saturated heterocycles. The molecule has 5 saturated carbocycles. The van der Waals surface area contributed by atoms with Gasteiger partial charge in [0.2, 0.25) is 0 Å². The zero-order valence-corrected chi connectivity index (χ0v) is 32.8. The van der Waals surface area contributed by atoms with Crippen LogP contribution in [-0.2, 0) is 33.4 Å². The summed E-state index contributed by atoms with van der Waals surface area (Å²) in [5.41, 5.74) is -2.74. The summed E-state index contributed by atoms with van der Waals surface area (Å²) in [5.74, 6) is 1.04. The Bertz CT molecular complexity index is 1090. The Morgan fingerprint density at radius 3 is 1.35 bits per heavy atom. The number of carboxylic acids is 1.